The number of carboxylic acid groups (broad SMARTS) is 1. The third-order valence-corrected chi connectivity index (χ3v) is 4.51. The van der Waals surface area contributed by atoms with Crippen LogP contribution in [0.25, 0.3) is 0 Å². The summed E-state index contributed by atoms with van der Waals surface area (Å²) in [6.07, 6.45) is 2.79. The van der Waals surface area contributed by atoms with Crippen LogP contribution in [-0.4, -0.2) is 34.1 Å². The van der Waals surface area contributed by atoms with Crippen LogP contribution in [0.15, 0.2) is 30.6 Å². The van der Waals surface area contributed by atoms with Gasteiger partial charge in [0.2, 0.25) is 0 Å². The number of nitrogens with zero attached hydrogens (tertiary/aromatic N) is 3. The number of aliphatic carboxylic acids is 1. The van der Waals surface area contributed by atoms with Crippen LogP contribution >= 0.6 is 11.6 Å². The molecule has 2 N–H and O–H groups in total. The molecule has 0 spiro atoms. The molecule has 24 heavy (non-hydrogen) atoms. The number of anilines is 3. The van der Waals surface area contributed by atoms with Crippen LogP contribution in [0, 0.1) is 12.8 Å². The Morgan fingerprint density at radius 2 is 2.04 bits per heavy atom. The molecule has 1 fully saturated rings. The van der Waals surface area contributed by atoms with Gasteiger partial charge in [-0.25, -0.2) is 9.97 Å². The standard InChI is InChI=1S/C17H19ClN4O2/c1-11-8-13(18)2-3-14(11)21-15-9-16(20-10-19-15)22-6-4-12(5-7-22)17(23)24/h2-3,8-10,12H,4-7H2,1H3,(H,23,24)(H,19,20,21). The van der Waals surface area contributed by atoms with Crippen LogP contribution in [0.1, 0.15) is 18.4 Å². The summed E-state index contributed by atoms with van der Waals surface area (Å²) in [7, 11) is 0. The number of benzene rings is 1. The SMILES string of the molecule is Cc1cc(Cl)ccc1Nc1cc(N2CCC(C(=O)O)CC2)ncn1. The highest BCUT2D eigenvalue weighted by Gasteiger charge is 2.25. The largest absolute Gasteiger partial charge is 0.481 e. The lowest BCUT2D eigenvalue weighted by Crippen LogP contribution is -2.36. The van der Waals surface area contributed by atoms with Gasteiger partial charge in [-0.2, -0.15) is 0 Å². The Morgan fingerprint density at radius 1 is 1.29 bits per heavy atom. The van der Waals surface area contributed by atoms with Crippen LogP contribution in [0.3, 0.4) is 0 Å². The molecule has 0 atom stereocenters. The molecule has 2 aromatic rings. The number of carbonyl (C=O) groups is 1. The minimum Gasteiger partial charge on any atom is -0.481 e. The van der Waals surface area contributed by atoms with Gasteiger partial charge in [-0.05, 0) is 43.5 Å². The van der Waals surface area contributed by atoms with E-state index in [0.717, 1.165) is 17.1 Å². The van der Waals surface area contributed by atoms with E-state index in [-0.39, 0.29) is 5.92 Å². The summed E-state index contributed by atoms with van der Waals surface area (Å²) in [6, 6.07) is 7.52. The number of carboxylic acids is 1. The van der Waals surface area contributed by atoms with Crippen molar-refractivity contribution in [2.75, 3.05) is 23.3 Å². The molecule has 1 aliphatic heterocycles. The van der Waals surface area contributed by atoms with E-state index >= 15 is 0 Å². The monoisotopic (exact) mass is 346 g/mol. The molecule has 0 bridgehead atoms. The fourth-order valence-electron chi connectivity index (χ4n) is 2.85. The van der Waals surface area contributed by atoms with Crippen LogP contribution in [0.5, 0.6) is 0 Å². The van der Waals surface area contributed by atoms with E-state index in [2.05, 4.69) is 20.2 Å². The summed E-state index contributed by atoms with van der Waals surface area (Å²) in [4.78, 5) is 21.7. The number of rotatable bonds is 4. The molecule has 1 saturated heterocycles. The summed E-state index contributed by atoms with van der Waals surface area (Å²) < 4.78 is 0. The molecular weight excluding hydrogens is 328 g/mol. The van der Waals surface area contributed by atoms with Gasteiger partial charge in [-0.3, -0.25) is 4.79 Å². The Hall–Kier alpha value is -2.34. The van der Waals surface area contributed by atoms with Crippen molar-refractivity contribution in [1.29, 1.82) is 0 Å². The molecule has 0 aliphatic carbocycles. The highest BCUT2D eigenvalue weighted by atomic mass is 35.5. The zero-order valence-corrected chi connectivity index (χ0v) is 14.1. The molecule has 126 valence electrons. The molecule has 3 rings (SSSR count). The van der Waals surface area contributed by atoms with Crippen molar-refractivity contribution < 1.29 is 9.90 Å². The maximum absolute atomic E-state index is 11.0. The van der Waals surface area contributed by atoms with Crippen molar-refractivity contribution >= 4 is 34.9 Å². The van der Waals surface area contributed by atoms with Crippen LogP contribution in [-0.2, 0) is 4.79 Å². The maximum Gasteiger partial charge on any atom is 0.306 e. The van der Waals surface area contributed by atoms with Gasteiger partial charge in [0.05, 0.1) is 5.92 Å². The van der Waals surface area contributed by atoms with Gasteiger partial charge in [0, 0.05) is 29.9 Å². The minimum absolute atomic E-state index is 0.252. The lowest BCUT2D eigenvalue weighted by atomic mass is 9.97. The smallest absolute Gasteiger partial charge is 0.306 e. The first-order valence-corrected chi connectivity index (χ1v) is 8.23. The van der Waals surface area contributed by atoms with Crippen molar-refractivity contribution in [3.63, 3.8) is 0 Å². The lowest BCUT2D eigenvalue weighted by molar-refractivity contribution is -0.142. The van der Waals surface area contributed by atoms with E-state index in [0.29, 0.717) is 36.8 Å². The zero-order valence-electron chi connectivity index (χ0n) is 13.4. The molecule has 7 heteroatoms. The fourth-order valence-corrected chi connectivity index (χ4v) is 3.08. The quantitative estimate of drug-likeness (QED) is 0.882. The van der Waals surface area contributed by atoms with E-state index in [1.807, 2.05) is 31.2 Å². The first kappa shape index (κ1) is 16.5. The van der Waals surface area contributed by atoms with Gasteiger partial charge in [0.25, 0.3) is 0 Å². The number of aryl methyl sites for hydroxylation is 1. The van der Waals surface area contributed by atoms with E-state index < -0.39 is 5.97 Å². The Bertz CT molecular complexity index is 745. The topological polar surface area (TPSA) is 78.4 Å². The van der Waals surface area contributed by atoms with Crippen LogP contribution in [0.4, 0.5) is 17.3 Å². The molecule has 2 heterocycles. The first-order valence-electron chi connectivity index (χ1n) is 7.86. The number of piperidine rings is 1. The number of nitrogens with one attached hydrogen (secondary N) is 1. The lowest BCUT2D eigenvalue weighted by Gasteiger charge is -2.31. The first-order chi connectivity index (χ1) is 11.5. The van der Waals surface area contributed by atoms with Gasteiger partial charge < -0.3 is 15.3 Å². The van der Waals surface area contributed by atoms with Crippen molar-refractivity contribution in [1.82, 2.24) is 9.97 Å². The van der Waals surface area contributed by atoms with Gasteiger partial charge >= 0.3 is 5.97 Å². The number of hydrogen-bond donors (Lipinski definition) is 2. The van der Waals surface area contributed by atoms with Gasteiger partial charge in [0.1, 0.15) is 18.0 Å². The third kappa shape index (κ3) is 3.76. The average molecular weight is 347 g/mol. The summed E-state index contributed by atoms with van der Waals surface area (Å²) in [5.74, 6) is 0.545. The summed E-state index contributed by atoms with van der Waals surface area (Å²) >= 11 is 5.98. The van der Waals surface area contributed by atoms with Crippen molar-refractivity contribution in [2.45, 2.75) is 19.8 Å². The summed E-state index contributed by atoms with van der Waals surface area (Å²) in [5, 5.41) is 13.1. The third-order valence-electron chi connectivity index (χ3n) is 4.27. The normalized spacial score (nSPS) is 15.3. The highest BCUT2D eigenvalue weighted by Crippen LogP contribution is 2.26. The van der Waals surface area contributed by atoms with Crippen molar-refractivity contribution in [2.24, 2.45) is 5.92 Å². The Kier molecular flexibility index (Phi) is 4.85. The van der Waals surface area contributed by atoms with Crippen LogP contribution in [0.2, 0.25) is 5.02 Å². The predicted molar refractivity (Wildman–Crippen MR) is 94.1 cm³/mol. The second-order valence-corrected chi connectivity index (χ2v) is 6.38. The molecule has 0 unspecified atom stereocenters. The maximum atomic E-state index is 11.0. The summed E-state index contributed by atoms with van der Waals surface area (Å²) in [6.45, 7) is 3.35. The molecule has 0 amide bonds. The van der Waals surface area contributed by atoms with E-state index in [9.17, 15) is 4.79 Å². The minimum atomic E-state index is -0.710. The molecule has 6 nitrogen and oxygen atoms in total. The molecule has 1 aliphatic rings. The number of hydrogen-bond acceptors (Lipinski definition) is 5. The molecule has 0 saturated carbocycles. The van der Waals surface area contributed by atoms with Gasteiger partial charge in [-0.15, -0.1) is 0 Å². The molecule has 1 aromatic heterocycles. The highest BCUT2D eigenvalue weighted by molar-refractivity contribution is 6.30. The van der Waals surface area contributed by atoms with Gasteiger partial charge in [0.15, 0.2) is 0 Å². The van der Waals surface area contributed by atoms with Crippen molar-refractivity contribution in [3.8, 4) is 0 Å². The van der Waals surface area contributed by atoms with Crippen molar-refractivity contribution in [3.05, 3.63) is 41.2 Å². The van der Waals surface area contributed by atoms with E-state index in [1.165, 1.54) is 6.33 Å². The average Bonchev–Trinajstić information content (AvgIpc) is 2.58. The molecular formula is C17H19ClN4O2. The molecule has 1 aromatic carbocycles. The van der Waals surface area contributed by atoms with E-state index in [1.54, 1.807) is 0 Å². The summed E-state index contributed by atoms with van der Waals surface area (Å²) in [5.41, 5.74) is 1.97. The second-order valence-electron chi connectivity index (χ2n) is 5.95. The second kappa shape index (κ2) is 7.05. The Balaban J connectivity index is 1.71. The predicted octanol–water partition coefficient (Wildman–Crippen LogP) is 3.48. The van der Waals surface area contributed by atoms with Gasteiger partial charge in [-0.1, -0.05) is 11.6 Å². The number of halogens is 1. The molecule has 0 radical (unpaired) electrons. The number of aromatic nitrogens is 2. The Morgan fingerprint density at radius 3 is 2.71 bits per heavy atom. The fraction of sp³-hybridized carbons (Fsp3) is 0.353. The zero-order chi connectivity index (χ0) is 17.1. The van der Waals surface area contributed by atoms with Crippen LogP contribution < -0.4 is 10.2 Å². The Labute approximate surface area is 145 Å². The van der Waals surface area contributed by atoms with E-state index in [4.69, 9.17) is 16.7 Å².